The second-order valence-corrected chi connectivity index (χ2v) is 6.52. The first kappa shape index (κ1) is 20.9. The molecular weight excluding hydrogens is 369 g/mol. The molecule has 1 heterocycles. The molecule has 1 aliphatic rings. The van der Waals surface area contributed by atoms with Gasteiger partial charge in [0.15, 0.2) is 0 Å². The van der Waals surface area contributed by atoms with Crippen LogP contribution in [0.15, 0.2) is 42.5 Å². The number of piperazine rings is 1. The van der Waals surface area contributed by atoms with Crippen LogP contribution in [0.1, 0.15) is 33.2 Å². The number of hydrogen-bond acceptors (Lipinski definition) is 3. The number of amides is 2. The number of benzene rings is 2. The van der Waals surface area contributed by atoms with E-state index in [1.165, 1.54) is 18.2 Å². The van der Waals surface area contributed by atoms with Crippen molar-refractivity contribution in [3.05, 3.63) is 65.0 Å². The lowest BCUT2D eigenvalue weighted by molar-refractivity contribution is 0.0655. The van der Waals surface area contributed by atoms with E-state index in [-0.39, 0.29) is 29.9 Å². The molecule has 1 fully saturated rings. The Morgan fingerprint density at radius 2 is 1.96 bits per heavy atom. The van der Waals surface area contributed by atoms with Crippen LogP contribution in [0.5, 0.6) is 0 Å². The molecule has 0 saturated carbocycles. The molecule has 2 aromatic carbocycles. The molecule has 0 radical (unpaired) electrons. The number of hydrogen-bond donors (Lipinski definition) is 2. The number of anilines is 1. The average molecular weight is 392 g/mol. The molecule has 1 aliphatic heterocycles. The molecule has 144 valence electrons. The van der Waals surface area contributed by atoms with Crippen molar-refractivity contribution in [2.75, 3.05) is 25.0 Å². The lowest BCUT2D eigenvalue weighted by Crippen LogP contribution is -2.52. The summed E-state index contributed by atoms with van der Waals surface area (Å²) in [5.74, 6) is -1.18. The minimum atomic E-state index is -0.579. The third-order valence-corrected chi connectivity index (χ3v) is 4.61. The third kappa shape index (κ3) is 4.64. The van der Waals surface area contributed by atoms with Gasteiger partial charge in [0.05, 0.1) is 5.56 Å². The van der Waals surface area contributed by atoms with Crippen LogP contribution in [-0.2, 0) is 0 Å². The number of carbonyl (C=O) groups excluding carboxylic acids is 2. The second kappa shape index (κ2) is 8.97. The Kier molecular flexibility index (Phi) is 6.93. The van der Waals surface area contributed by atoms with Crippen LogP contribution in [-0.4, -0.2) is 42.4 Å². The van der Waals surface area contributed by atoms with Gasteiger partial charge in [-0.3, -0.25) is 9.59 Å². The van der Waals surface area contributed by atoms with Crippen LogP contribution >= 0.6 is 12.4 Å². The molecular formula is C20H23ClFN3O2. The summed E-state index contributed by atoms with van der Waals surface area (Å²) >= 11 is 0. The monoisotopic (exact) mass is 391 g/mol. The van der Waals surface area contributed by atoms with Gasteiger partial charge in [-0.25, -0.2) is 4.39 Å². The zero-order valence-electron chi connectivity index (χ0n) is 15.3. The van der Waals surface area contributed by atoms with E-state index >= 15 is 0 Å². The molecule has 0 unspecified atom stereocenters. The normalized spacial score (nSPS) is 16.4. The Hall–Kier alpha value is -2.44. The van der Waals surface area contributed by atoms with Crippen molar-refractivity contribution in [2.24, 2.45) is 0 Å². The Balaban J connectivity index is 0.00000261. The van der Waals surface area contributed by atoms with Gasteiger partial charge in [-0.1, -0.05) is 18.2 Å². The van der Waals surface area contributed by atoms with Gasteiger partial charge >= 0.3 is 0 Å². The maximum Gasteiger partial charge on any atom is 0.258 e. The highest BCUT2D eigenvalue weighted by atomic mass is 35.5. The number of rotatable bonds is 3. The summed E-state index contributed by atoms with van der Waals surface area (Å²) < 4.78 is 13.8. The molecule has 0 bridgehead atoms. The molecule has 0 spiro atoms. The van der Waals surface area contributed by atoms with Gasteiger partial charge in [-0.2, -0.15) is 0 Å². The van der Waals surface area contributed by atoms with Crippen LogP contribution in [0.2, 0.25) is 0 Å². The van der Waals surface area contributed by atoms with Crippen molar-refractivity contribution in [1.82, 2.24) is 10.2 Å². The fraction of sp³-hybridized carbons (Fsp3) is 0.300. The molecule has 2 N–H and O–H groups in total. The molecule has 27 heavy (non-hydrogen) atoms. The van der Waals surface area contributed by atoms with E-state index in [4.69, 9.17) is 0 Å². The van der Waals surface area contributed by atoms with Gasteiger partial charge in [0, 0.05) is 36.9 Å². The first-order chi connectivity index (χ1) is 12.5. The Labute approximate surface area is 164 Å². The van der Waals surface area contributed by atoms with Gasteiger partial charge in [0.2, 0.25) is 0 Å². The number of nitrogens with zero attached hydrogens (tertiary/aromatic N) is 1. The van der Waals surface area contributed by atoms with E-state index in [2.05, 4.69) is 10.6 Å². The van der Waals surface area contributed by atoms with Crippen LogP contribution in [0.4, 0.5) is 10.1 Å². The van der Waals surface area contributed by atoms with Gasteiger partial charge in [-0.05, 0) is 43.7 Å². The minimum absolute atomic E-state index is 0. The highest BCUT2D eigenvalue weighted by Gasteiger charge is 2.24. The van der Waals surface area contributed by atoms with E-state index in [9.17, 15) is 14.0 Å². The predicted molar refractivity (Wildman–Crippen MR) is 106 cm³/mol. The fourth-order valence-electron chi connectivity index (χ4n) is 3.03. The molecule has 1 atom stereocenters. The number of halogens is 2. The second-order valence-electron chi connectivity index (χ2n) is 6.52. The maximum atomic E-state index is 13.8. The predicted octanol–water partition coefficient (Wildman–Crippen LogP) is 3.24. The quantitative estimate of drug-likeness (QED) is 0.844. The van der Waals surface area contributed by atoms with E-state index < -0.39 is 11.7 Å². The SMILES string of the molecule is Cc1ccc(C(=O)N2CCNC[C@H]2C)cc1NC(=O)c1ccccc1F.Cl. The fourth-order valence-corrected chi connectivity index (χ4v) is 3.03. The van der Waals surface area contributed by atoms with Gasteiger partial charge in [-0.15, -0.1) is 12.4 Å². The third-order valence-electron chi connectivity index (χ3n) is 4.61. The molecule has 0 aliphatic carbocycles. The topological polar surface area (TPSA) is 61.4 Å². The largest absolute Gasteiger partial charge is 0.333 e. The zero-order valence-corrected chi connectivity index (χ0v) is 16.1. The number of nitrogens with one attached hydrogen (secondary N) is 2. The van der Waals surface area contributed by atoms with Crippen LogP contribution < -0.4 is 10.6 Å². The highest BCUT2D eigenvalue weighted by Crippen LogP contribution is 2.21. The molecule has 0 aromatic heterocycles. The highest BCUT2D eigenvalue weighted by molar-refractivity contribution is 6.05. The summed E-state index contributed by atoms with van der Waals surface area (Å²) in [6.45, 7) is 6.00. The van der Waals surface area contributed by atoms with Crippen molar-refractivity contribution in [3.63, 3.8) is 0 Å². The minimum Gasteiger partial charge on any atom is -0.333 e. The smallest absolute Gasteiger partial charge is 0.258 e. The van der Waals surface area contributed by atoms with Gasteiger partial charge in [0.1, 0.15) is 5.82 Å². The van der Waals surface area contributed by atoms with E-state index in [0.717, 1.165) is 18.7 Å². The summed E-state index contributed by atoms with van der Waals surface area (Å²) in [5.41, 5.74) is 1.79. The molecule has 7 heteroatoms. The van der Waals surface area contributed by atoms with Crippen molar-refractivity contribution in [3.8, 4) is 0 Å². The lowest BCUT2D eigenvalue weighted by Gasteiger charge is -2.34. The summed E-state index contributed by atoms with van der Waals surface area (Å²) in [4.78, 5) is 27.0. The summed E-state index contributed by atoms with van der Waals surface area (Å²) in [7, 11) is 0. The first-order valence-electron chi connectivity index (χ1n) is 8.65. The zero-order chi connectivity index (χ0) is 18.7. The van der Waals surface area contributed by atoms with Crippen molar-refractivity contribution >= 4 is 29.9 Å². The van der Waals surface area contributed by atoms with Crippen LogP contribution in [0, 0.1) is 12.7 Å². The standard InChI is InChI=1S/C20H22FN3O2.ClH/c1-13-7-8-15(20(26)24-10-9-22-12-14(24)2)11-18(13)23-19(25)16-5-3-4-6-17(16)21;/h3-8,11,14,22H,9-10,12H2,1-2H3,(H,23,25);1H/t14-;/m1./s1. The molecule has 2 amide bonds. The van der Waals surface area contributed by atoms with Crippen LogP contribution in [0.3, 0.4) is 0 Å². The van der Waals surface area contributed by atoms with Gasteiger partial charge < -0.3 is 15.5 Å². The first-order valence-corrected chi connectivity index (χ1v) is 8.65. The maximum absolute atomic E-state index is 13.8. The number of carbonyl (C=O) groups is 2. The van der Waals surface area contributed by atoms with E-state index in [1.54, 1.807) is 24.3 Å². The molecule has 1 saturated heterocycles. The summed E-state index contributed by atoms with van der Waals surface area (Å²) in [6, 6.07) is 11.1. The molecule has 2 aromatic rings. The Morgan fingerprint density at radius 3 is 2.67 bits per heavy atom. The van der Waals surface area contributed by atoms with Crippen LogP contribution in [0.25, 0.3) is 0 Å². The lowest BCUT2D eigenvalue weighted by atomic mass is 10.1. The van der Waals surface area contributed by atoms with Crippen molar-refractivity contribution in [1.29, 1.82) is 0 Å². The van der Waals surface area contributed by atoms with Crippen molar-refractivity contribution < 1.29 is 14.0 Å². The van der Waals surface area contributed by atoms with Crippen molar-refractivity contribution in [2.45, 2.75) is 19.9 Å². The summed E-state index contributed by atoms with van der Waals surface area (Å²) in [5, 5.41) is 5.97. The Bertz CT molecular complexity index is 844. The number of aryl methyl sites for hydroxylation is 1. The molecule has 3 rings (SSSR count). The van der Waals surface area contributed by atoms with Gasteiger partial charge in [0.25, 0.3) is 11.8 Å². The molecule has 5 nitrogen and oxygen atoms in total. The summed E-state index contributed by atoms with van der Waals surface area (Å²) in [6.07, 6.45) is 0. The Morgan fingerprint density at radius 1 is 1.22 bits per heavy atom. The average Bonchev–Trinajstić information content (AvgIpc) is 2.63. The van der Waals surface area contributed by atoms with E-state index in [0.29, 0.717) is 17.8 Å². The van der Waals surface area contributed by atoms with E-state index in [1.807, 2.05) is 18.7 Å².